The second-order valence-corrected chi connectivity index (χ2v) is 10.7. The number of hydrogen-bond donors (Lipinski definition) is 0. The largest absolute Gasteiger partial charge is 0.468 e. The van der Waals surface area contributed by atoms with E-state index in [9.17, 15) is 0 Å². The lowest BCUT2D eigenvalue weighted by Gasteiger charge is -2.42. The first-order chi connectivity index (χ1) is 12.7. The van der Waals surface area contributed by atoms with E-state index in [0.717, 1.165) is 20.4 Å². The first-order valence-corrected chi connectivity index (χ1v) is 11.7. The van der Waals surface area contributed by atoms with Crippen molar-refractivity contribution in [2.75, 3.05) is 0 Å². The summed E-state index contributed by atoms with van der Waals surface area (Å²) < 4.78 is 8.78. The van der Waals surface area contributed by atoms with Gasteiger partial charge in [0, 0.05) is 22.4 Å². The molecule has 0 saturated heterocycles. The van der Waals surface area contributed by atoms with Crippen molar-refractivity contribution >= 4 is 48.9 Å². The maximum atomic E-state index is 6.52. The molecule has 3 nitrogen and oxygen atoms in total. The topological polar surface area (TPSA) is 24.8 Å². The first kappa shape index (κ1) is 17.3. The van der Waals surface area contributed by atoms with Crippen LogP contribution in [0.25, 0.3) is 0 Å². The zero-order valence-electron chi connectivity index (χ0n) is 14.3. The van der Waals surface area contributed by atoms with Crippen molar-refractivity contribution in [2.24, 2.45) is 11.0 Å². The van der Waals surface area contributed by atoms with Gasteiger partial charge in [0.2, 0.25) is 0 Å². The summed E-state index contributed by atoms with van der Waals surface area (Å²) in [5, 5.41) is 7.35. The van der Waals surface area contributed by atoms with Crippen LogP contribution in [-0.4, -0.2) is 16.9 Å². The summed E-state index contributed by atoms with van der Waals surface area (Å²) in [5.74, 6) is 1.61. The average molecular weight is 496 g/mol. The van der Waals surface area contributed by atoms with Gasteiger partial charge in [-0.2, -0.15) is 5.10 Å². The van der Waals surface area contributed by atoms with Crippen molar-refractivity contribution in [2.45, 2.75) is 50.8 Å². The molecule has 0 amide bonds. The third-order valence-electron chi connectivity index (χ3n) is 5.69. The molecule has 1 saturated carbocycles. The summed E-state index contributed by atoms with van der Waals surface area (Å²) in [5.41, 5.74) is 2.43. The monoisotopic (exact) mass is 494 g/mol. The van der Waals surface area contributed by atoms with E-state index >= 15 is 0 Å². The second kappa shape index (κ2) is 6.95. The Morgan fingerprint density at radius 1 is 1.08 bits per heavy atom. The zero-order valence-corrected chi connectivity index (χ0v) is 18.3. The number of fused-ring (bicyclic) bond motifs is 3. The third kappa shape index (κ3) is 3.04. The number of hydrogen-bond acceptors (Lipinski definition) is 4. The van der Waals surface area contributed by atoms with Crippen LogP contribution in [-0.2, 0) is 0 Å². The molecule has 26 heavy (non-hydrogen) atoms. The summed E-state index contributed by atoms with van der Waals surface area (Å²) >= 11 is 8.97. The molecule has 1 aromatic carbocycles. The Hall–Kier alpha value is -0.850. The van der Waals surface area contributed by atoms with Crippen LogP contribution in [0.5, 0.6) is 5.75 Å². The number of thiophene rings is 1. The molecule has 6 heteroatoms. The number of rotatable bonds is 2. The van der Waals surface area contributed by atoms with Crippen molar-refractivity contribution in [3.63, 3.8) is 0 Å². The van der Waals surface area contributed by atoms with Crippen LogP contribution in [0.4, 0.5) is 0 Å². The summed E-state index contributed by atoms with van der Waals surface area (Å²) in [6, 6.07) is 11.0. The number of benzene rings is 1. The van der Waals surface area contributed by atoms with E-state index in [-0.39, 0.29) is 12.3 Å². The van der Waals surface area contributed by atoms with Crippen LogP contribution in [0, 0.1) is 5.92 Å². The van der Waals surface area contributed by atoms with Gasteiger partial charge in [-0.05, 0) is 59.1 Å². The molecule has 1 fully saturated rings. The number of nitrogens with zero attached hydrogens (tertiary/aromatic N) is 2. The standard InChI is InChI=1S/C20H20Br2N2OS/c21-13-6-7-17-14(10-13)16-11-15(18-8-9-19(22)26-18)23-24(16)20(25-17)12-4-2-1-3-5-12/h6-10,12,16,20H,1-5,11H2/t16-,20-/m1/s1. The Morgan fingerprint density at radius 2 is 1.92 bits per heavy atom. The van der Waals surface area contributed by atoms with Gasteiger partial charge in [-0.3, -0.25) is 0 Å². The number of halogens is 2. The summed E-state index contributed by atoms with van der Waals surface area (Å²) in [7, 11) is 0. The maximum absolute atomic E-state index is 6.52. The second-order valence-electron chi connectivity index (χ2n) is 7.34. The van der Waals surface area contributed by atoms with Gasteiger partial charge in [-0.15, -0.1) is 11.3 Å². The van der Waals surface area contributed by atoms with E-state index in [1.165, 1.54) is 48.3 Å². The molecule has 0 spiro atoms. The molecule has 3 aliphatic rings. The van der Waals surface area contributed by atoms with Gasteiger partial charge in [0.25, 0.3) is 0 Å². The molecule has 136 valence electrons. The van der Waals surface area contributed by atoms with E-state index in [2.05, 4.69) is 67.2 Å². The molecule has 1 aromatic heterocycles. The summed E-state index contributed by atoms with van der Waals surface area (Å²) in [6.45, 7) is 0. The lowest BCUT2D eigenvalue weighted by molar-refractivity contribution is -0.0644. The fourth-order valence-electron chi connectivity index (χ4n) is 4.44. The van der Waals surface area contributed by atoms with E-state index in [0.29, 0.717) is 5.92 Å². The SMILES string of the molecule is Brc1ccc2c(c1)[C@H]1CC(c3ccc(Br)s3)=NN1[C@@H](C1CCCCC1)O2. The van der Waals surface area contributed by atoms with E-state index < -0.39 is 0 Å². The van der Waals surface area contributed by atoms with Crippen LogP contribution in [0.15, 0.2) is 43.7 Å². The number of ether oxygens (including phenoxy) is 1. The Morgan fingerprint density at radius 3 is 2.69 bits per heavy atom. The van der Waals surface area contributed by atoms with Crippen LogP contribution >= 0.6 is 43.2 Å². The molecule has 0 bridgehead atoms. The number of hydrazone groups is 1. The fraction of sp³-hybridized carbons (Fsp3) is 0.450. The van der Waals surface area contributed by atoms with Gasteiger partial charge < -0.3 is 4.74 Å². The molecule has 2 aliphatic heterocycles. The molecule has 5 rings (SSSR count). The van der Waals surface area contributed by atoms with Crippen LogP contribution in [0.2, 0.25) is 0 Å². The maximum Gasteiger partial charge on any atom is 0.190 e. The zero-order chi connectivity index (χ0) is 17.7. The summed E-state index contributed by atoms with van der Waals surface area (Å²) in [6.07, 6.45) is 7.48. The highest BCUT2D eigenvalue weighted by molar-refractivity contribution is 9.11. The normalized spacial score (nSPS) is 25.5. The average Bonchev–Trinajstić information content (AvgIpc) is 3.28. The molecular formula is C20H20Br2N2OS. The smallest absolute Gasteiger partial charge is 0.190 e. The Bertz CT molecular complexity index is 859. The van der Waals surface area contributed by atoms with Gasteiger partial charge >= 0.3 is 0 Å². The highest BCUT2D eigenvalue weighted by atomic mass is 79.9. The molecule has 1 aliphatic carbocycles. The van der Waals surface area contributed by atoms with E-state index in [1.54, 1.807) is 11.3 Å². The Kier molecular flexibility index (Phi) is 4.62. The third-order valence-corrected chi connectivity index (χ3v) is 7.86. The van der Waals surface area contributed by atoms with Gasteiger partial charge in [0.05, 0.1) is 20.4 Å². The van der Waals surface area contributed by atoms with Crippen molar-refractivity contribution in [1.29, 1.82) is 0 Å². The van der Waals surface area contributed by atoms with Crippen molar-refractivity contribution in [1.82, 2.24) is 5.01 Å². The minimum Gasteiger partial charge on any atom is -0.468 e. The van der Waals surface area contributed by atoms with Gasteiger partial charge in [0.1, 0.15) is 5.75 Å². The van der Waals surface area contributed by atoms with Crippen molar-refractivity contribution in [3.05, 3.63) is 49.0 Å². The van der Waals surface area contributed by atoms with Crippen LogP contribution in [0.1, 0.15) is 55.0 Å². The predicted molar refractivity (Wildman–Crippen MR) is 113 cm³/mol. The Labute approximate surface area is 174 Å². The van der Waals surface area contributed by atoms with E-state index in [4.69, 9.17) is 9.84 Å². The molecule has 2 aromatic rings. The highest BCUT2D eigenvalue weighted by Gasteiger charge is 2.43. The van der Waals surface area contributed by atoms with E-state index in [1.807, 2.05) is 0 Å². The minimum absolute atomic E-state index is 0.0647. The van der Waals surface area contributed by atoms with Gasteiger partial charge in [0.15, 0.2) is 6.23 Å². The molecule has 0 unspecified atom stereocenters. The van der Waals surface area contributed by atoms with Crippen molar-refractivity contribution in [3.8, 4) is 5.75 Å². The molecule has 0 radical (unpaired) electrons. The van der Waals surface area contributed by atoms with Crippen molar-refractivity contribution < 1.29 is 4.74 Å². The minimum atomic E-state index is 0.0647. The fourth-order valence-corrected chi connectivity index (χ4v) is 6.19. The summed E-state index contributed by atoms with van der Waals surface area (Å²) in [4.78, 5) is 1.25. The quantitative estimate of drug-likeness (QED) is 0.461. The lowest BCUT2D eigenvalue weighted by atomic mass is 9.86. The Balaban J connectivity index is 1.54. The predicted octanol–water partition coefficient (Wildman–Crippen LogP) is 6.72. The molecule has 2 atom stereocenters. The lowest BCUT2D eigenvalue weighted by Crippen LogP contribution is -2.45. The molecular weight excluding hydrogens is 476 g/mol. The van der Waals surface area contributed by atoms with Gasteiger partial charge in [-0.25, -0.2) is 5.01 Å². The highest BCUT2D eigenvalue weighted by Crippen LogP contribution is 2.47. The first-order valence-electron chi connectivity index (χ1n) is 9.27. The van der Waals surface area contributed by atoms with Gasteiger partial charge in [-0.1, -0.05) is 35.2 Å². The van der Waals surface area contributed by atoms with Crippen LogP contribution in [0.3, 0.4) is 0 Å². The molecule has 3 heterocycles. The van der Waals surface area contributed by atoms with Crippen LogP contribution < -0.4 is 4.74 Å². The molecule has 0 N–H and O–H groups in total.